The first kappa shape index (κ1) is 18.0. The van der Waals surface area contributed by atoms with E-state index in [0.29, 0.717) is 38.7 Å². The number of benzene rings is 1. The third-order valence-electron chi connectivity index (χ3n) is 4.58. The monoisotopic (exact) mass is 391 g/mol. The maximum atomic E-state index is 12.7. The zero-order chi connectivity index (χ0) is 18.9. The van der Waals surface area contributed by atoms with Gasteiger partial charge in [0, 0.05) is 32.9 Å². The number of aromatic nitrogens is 1. The van der Waals surface area contributed by atoms with Gasteiger partial charge in [-0.2, -0.15) is 4.31 Å². The first-order valence-corrected chi connectivity index (χ1v) is 10.1. The van der Waals surface area contributed by atoms with Crippen molar-refractivity contribution in [2.45, 2.75) is 11.4 Å². The minimum atomic E-state index is -3.53. The van der Waals surface area contributed by atoms with Crippen LogP contribution in [-0.2, 0) is 21.3 Å². The van der Waals surface area contributed by atoms with Crippen LogP contribution < -0.4 is 14.4 Å². The SMILES string of the molecule is CN(Cc1ccc2c(c1)OCO2)c1ccc(S(=O)(=O)N2CCOCC2)cn1. The maximum Gasteiger partial charge on any atom is 0.244 e. The molecule has 0 atom stereocenters. The van der Waals surface area contributed by atoms with Gasteiger partial charge in [-0.15, -0.1) is 0 Å². The number of rotatable bonds is 5. The van der Waals surface area contributed by atoms with E-state index in [1.54, 1.807) is 12.1 Å². The summed E-state index contributed by atoms with van der Waals surface area (Å²) in [5, 5.41) is 0. The number of hydrogen-bond acceptors (Lipinski definition) is 7. The van der Waals surface area contributed by atoms with Gasteiger partial charge >= 0.3 is 0 Å². The predicted octanol–water partition coefficient (Wildman–Crippen LogP) is 1.47. The highest BCUT2D eigenvalue weighted by Gasteiger charge is 2.26. The number of ether oxygens (including phenoxy) is 3. The number of pyridine rings is 1. The molecule has 2 aromatic rings. The topological polar surface area (TPSA) is 81.2 Å². The van der Waals surface area contributed by atoms with Crippen LogP contribution in [0.4, 0.5) is 5.82 Å². The zero-order valence-corrected chi connectivity index (χ0v) is 15.8. The summed E-state index contributed by atoms with van der Waals surface area (Å²) in [5.41, 5.74) is 1.05. The van der Waals surface area contributed by atoms with E-state index in [1.807, 2.05) is 30.1 Å². The average molecular weight is 391 g/mol. The van der Waals surface area contributed by atoms with Crippen LogP contribution in [0.3, 0.4) is 0 Å². The van der Waals surface area contributed by atoms with Crippen LogP contribution in [0.1, 0.15) is 5.56 Å². The minimum Gasteiger partial charge on any atom is -0.454 e. The van der Waals surface area contributed by atoms with Crippen molar-refractivity contribution >= 4 is 15.8 Å². The van der Waals surface area contributed by atoms with Crippen molar-refractivity contribution in [1.82, 2.24) is 9.29 Å². The minimum absolute atomic E-state index is 0.199. The molecule has 2 aliphatic heterocycles. The molecule has 0 spiro atoms. The maximum absolute atomic E-state index is 12.7. The molecule has 2 aliphatic rings. The Balaban J connectivity index is 1.46. The lowest BCUT2D eigenvalue weighted by atomic mass is 10.2. The third-order valence-corrected chi connectivity index (χ3v) is 6.46. The van der Waals surface area contributed by atoms with E-state index in [4.69, 9.17) is 14.2 Å². The molecule has 1 aromatic carbocycles. The van der Waals surface area contributed by atoms with Crippen LogP contribution in [0.25, 0.3) is 0 Å². The lowest BCUT2D eigenvalue weighted by Gasteiger charge is -2.26. The predicted molar refractivity (Wildman–Crippen MR) is 98.5 cm³/mol. The van der Waals surface area contributed by atoms with Gasteiger partial charge in [-0.05, 0) is 29.8 Å². The molecule has 0 radical (unpaired) electrons. The number of anilines is 1. The summed E-state index contributed by atoms with van der Waals surface area (Å²) >= 11 is 0. The van der Waals surface area contributed by atoms with Crippen LogP contribution in [0, 0.1) is 0 Å². The number of morpholine rings is 1. The summed E-state index contributed by atoms with van der Waals surface area (Å²) < 4.78 is 42.7. The summed E-state index contributed by atoms with van der Waals surface area (Å²) in [6.45, 7) is 2.43. The van der Waals surface area contributed by atoms with Crippen LogP contribution >= 0.6 is 0 Å². The van der Waals surface area contributed by atoms with Gasteiger partial charge in [0.05, 0.1) is 13.2 Å². The standard InChI is InChI=1S/C18H21N3O5S/c1-20(12-14-2-4-16-17(10-14)26-13-25-16)18-5-3-15(11-19-18)27(22,23)21-6-8-24-9-7-21/h2-5,10-11H,6-9,12-13H2,1H3. The smallest absolute Gasteiger partial charge is 0.244 e. The van der Waals surface area contributed by atoms with Crippen molar-refractivity contribution in [3.05, 3.63) is 42.1 Å². The second kappa shape index (κ2) is 7.34. The van der Waals surface area contributed by atoms with Gasteiger partial charge in [-0.3, -0.25) is 0 Å². The van der Waals surface area contributed by atoms with Crippen molar-refractivity contribution in [2.24, 2.45) is 0 Å². The molecule has 8 nitrogen and oxygen atoms in total. The van der Waals surface area contributed by atoms with Gasteiger partial charge in [0.1, 0.15) is 10.7 Å². The lowest BCUT2D eigenvalue weighted by molar-refractivity contribution is 0.0730. The third kappa shape index (κ3) is 3.71. The van der Waals surface area contributed by atoms with E-state index in [-0.39, 0.29) is 11.7 Å². The molecule has 144 valence electrons. The fourth-order valence-corrected chi connectivity index (χ4v) is 4.43. The fraction of sp³-hybridized carbons (Fsp3) is 0.389. The summed E-state index contributed by atoms with van der Waals surface area (Å²) in [6, 6.07) is 9.12. The van der Waals surface area contributed by atoms with Gasteiger partial charge in [-0.1, -0.05) is 6.07 Å². The highest BCUT2D eigenvalue weighted by Crippen LogP contribution is 2.33. The van der Waals surface area contributed by atoms with Crippen molar-refractivity contribution in [3.63, 3.8) is 0 Å². The Morgan fingerprint density at radius 3 is 2.63 bits per heavy atom. The van der Waals surface area contributed by atoms with E-state index in [1.165, 1.54) is 10.5 Å². The van der Waals surface area contributed by atoms with E-state index in [9.17, 15) is 8.42 Å². The Morgan fingerprint density at radius 1 is 1.11 bits per heavy atom. The first-order chi connectivity index (χ1) is 13.0. The fourth-order valence-electron chi connectivity index (χ4n) is 3.08. The molecular formula is C18H21N3O5S. The molecule has 0 aliphatic carbocycles. The summed E-state index contributed by atoms with van der Waals surface area (Å²) in [5.74, 6) is 2.17. The molecule has 9 heteroatoms. The highest BCUT2D eigenvalue weighted by atomic mass is 32.2. The largest absolute Gasteiger partial charge is 0.454 e. The van der Waals surface area contributed by atoms with Crippen molar-refractivity contribution in [3.8, 4) is 11.5 Å². The highest BCUT2D eigenvalue weighted by molar-refractivity contribution is 7.89. The molecule has 0 unspecified atom stereocenters. The molecule has 27 heavy (non-hydrogen) atoms. The van der Waals surface area contributed by atoms with Gasteiger partial charge < -0.3 is 19.1 Å². The second-order valence-electron chi connectivity index (χ2n) is 6.41. The Labute approximate surface area is 158 Å². The molecule has 0 bridgehead atoms. The van der Waals surface area contributed by atoms with Gasteiger partial charge in [0.25, 0.3) is 0 Å². The Bertz CT molecular complexity index is 911. The van der Waals surface area contributed by atoms with Gasteiger partial charge in [-0.25, -0.2) is 13.4 Å². The zero-order valence-electron chi connectivity index (χ0n) is 15.0. The lowest BCUT2D eigenvalue weighted by Crippen LogP contribution is -2.40. The number of fused-ring (bicyclic) bond motifs is 1. The Hall–Kier alpha value is -2.36. The number of nitrogens with zero attached hydrogens (tertiary/aromatic N) is 3. The molecule has 0 N–H and O–H groups in total. The van der Waals surface area contributed by atoms with E-state index in [2.05, 4.69) is 4.98 Å². The Kier molecular flexibility index (Phi) is 4.90. The molecule has 1 saturated heterocycles. The van der Waals surface area contributed by atoms with E-state index >= 15 is 0 Å². The van der Waals surface area contributed by atoms with Gasteiger partial charge in [0.2, 0.25) is 16.8 Å². The van der Waals surface area contributed by atoms with Crippen LogP contribution in [0.5, 0.6) is 11.5 Å². The van der Waals surface area contributed by atoms with Crippen molar-refractivity contribution < 1.29 is 22.6 Å². The quantitative estimate of drug-likeness (QED) is 0.763. The molecular weight excluding hydrogens is 370 g/mol. The normalized spacial score (nSPS) is 17.1. The second-order valence-corrected chi connectivity index (χ2v) is 8.35. The molecule has 3 heterocycles. The summed E-state index contributed by atoms with van der Waals surface area (Å²) in [6.07, 6.45) is 1.41. The average Bonchev–Trinajstić information content (AvgIpc) is 3.16. The molecule has 4 rings (SSSR count). The van der Waals surface area contributed by atoms with Crippen LogP contribution in [0.15, 0.2) is 41.4 Å². The van der Waals surface area contributed by atoms with E-state index < -0.39 is 10.0 Å². The van der Waals surface area contributed by atoms with Crippen LogP contribution in [0.2, 0.25) is 0 Å². The molecule has 1 fully saturated rings. The van der Waals surface area contributed by atoms with Crippen molar-refractivity contribution in [2.75, 3.05) is 45.0 Å². The Morgan fingerprint density at radius 2 is 1.89 bits per heavy atom. The summed E-state index contributed by atoms with van der Waals surface area (Å²) in [4.78, 5) is 6.49. The molecule has 1 aromatic heterocycles. The van der Waals surface area contributed by atoms with Crippen molar-refractivity contribution in [1.29, 1.82) is 0 Å². The number of sulfonamides is 1. The van der Waals surface area contributed by atoms with Crippen LogP contribution in [-0.4, -0.2) is 57.9 Å². The molecule has 0 amide bonds. The van der Waals surface area contributed by atoms with Gasteiger partial charge in [0.15, 0.2) is 11.5 Å². The summed E-state index contributed by atoms with van der Waals surface area (Å²) in [7, 11) is -1.62. The first-order valence-electron chi connectivity index (χ1n) is 8.68. The number of hydrogen-bond donors (Lipinski definition) is 0. The van der Waals surface area contributed by atoms with E-state index in [0.717, 1.165) is 17.1 Å². The molecule has 0 saturated carbocycles.